The summed E-state index contributed by atoms with van der Waals surface area (Å²) in [6.45, 7) is 7.79. The van der Waals surface area contributed by atoms with E-state index in [9.17, 15) is 4.39 Å². The van der Waals surface area contributed by atoms with E-state index < -0.39 is 0 Å². The molecule has 0 amide bonds. The number of anilines is 4. The zero-order chi connectivity index (χ0) is 19.5. The van der Waals surface area contributed by atoms with Crippen molar-refractivity contribution in [2.75, 3.05) is 41.3 Å². The average molecular weight is 378 g/mol. The molecule has 0 bridgehead atoms. The standard InChI is InChI=1S/C21H23FN6/c1-15-4-3-5-19(16(15)2)27-10-12-28(13-11-27)21-25-20(14-23-26-21)24-18-8-6-17(22)7-9-18/h3-9,14H,10-13H2,1-2H3,(H,24,25,26). The molecule has 1 aliphatic heterocycles. The first-order chi connectivity index (χ1) is 13.6. The van der Waals surface area contributed by atoms with Gasteiger partial charge in [0.05, 0.1) is 6.20 Å². The second-order valence-corrected chi connectivity index (χ2v) is 6.97. The highest BCUT2D eigenvalue weighted by Gasteiger charge is 2.21. The minimum absolute atomic E-state index is 0.270. The third kappa shape index (κ3) is 3.88. The van der Waals surface area contributed by atoms with Crippen molar-refractivity contribution in [3.63, 3.8) is 0 Å². The Hall–Kier alpha value is -3.22. The van der Waals surface area contributed by atoms with Gasteiger partial charge in [-0.15, -0.1) is 5.10 Å². The van der Waals surface area contributed by atoms with E-state index in [-0.39, 0.29) is 5.82 Å². The van der Waals surface area contributed by atoms with E-state index in [0.717, 1.165) is 31.9 Å². The van der Waals surface area contributed by atoms with E-state index in [1.165, 1.54) is 28.9 Å². The lowest BCUT2D eigenvalue weighted by Crippen LogP contribution is -2.47. The molecular formula is C21H23FN6. The topological polar surface area (TPSA) is 57.2 Å². The Morgan fingerprint density at radius 2 is 1.64 bits per heavy atom. The van der Waals surface area contributed by atoms with Gasteiger partial charge >= 0.3 is 0 Å². The monoisotopic (exact) mass is 378 g/mol. The molecule has 28 heavy (non-hydrogen) atoms. The molecule has 1 saturated heterocycles. The smallest absolute Gasteiger partial charge is 0.247 e. The maximum Gasteiger partial charge on any atom is 0.247 e. The van der Waals surface area contributed by atoms with Crippen LogP contribution in [0.3, 0.4) is 0 Å². The summed E-state index contributed by atoms with van der Waals surface area (Å²) in [4.78, 5) is 9.13. The number of rotatable bonds is 4. The summed E-state index contributed by atoms with van der Waals surface area (Å²) in [6, 6.07) is 12.6. The van der Waals surface area contributed by atoms with Crippen LogP contribution in [-0.2, 0) is 0 Å². The van der Waals surface area contributed by atoms with Crippen molar-refractivity contribution in [2.45, 2.75) is 13.8 Å². The summed E-state index contributed by atoms with van der Waals surface area (Å²) < 4.78 is 13.1. The largest absolute Gasteiger partial charge is 0.368 e. The van der Waals surface area contributed by atoms with Gasteiger partial charge in [-0.3, -0.25) is 0 Å². The lowest BCUT2D eigenvalue weighted by Gasteiger charge is -2.36. The van der Waals surface area contributed by atoms with Crippen LogP contribution in [0, 0.1) is 19.7 Å². The molecule has 1 fully saturated rings. The lowest BCUT2D eigenvalue weighted by molar-refractivity contribution is 0.628. The van der Waals surface area contributed by atoms with Crippen molar-refractivity contribution in [3.05, 3.63) is 65.6 Å². The Kier molecular flexibility index (Phi) is 5.06. The third-order valence-corrected chi connectivity index (χ3v) is 5.14. The van der Waals surface area contributed by atoms with Gasteiger partial charge in [-0.05, 0) is 55.3 Å². The molecule has 1 aromatic heterocycles. The summed E-state index contributed by atoms with van der Waals surface area (Å²) in [5, 5.41) is 11.4. The van der Waals surface area contributed by atoms with Crippen molar-refractivity contribution in [2.24, 2.45) is 0 Å². The third-order valence-electron chi connectivity index (χ3n) is 5.14. The zero-order valence-corrected chi connectivity index (χ0v) is 16.1. The van der Waals surface area contributed by atoms with Gasteiger partial charge in [-0.25, -0.2) is 4.39 Å². The number of nitrogens with one attached hydrogen (secondary N) is 1. The van der Waals surface area contributed by atoms with Gasteiger partial charge in [-0.2, -0.15) is 10.1 Å². The second kappa shape index (κ2) is 7.80. The normalized spacial score (nSPS) is 14.2. The van der Waals surface area contributed by atoms with E-state index in [1.807, 2.05) is 0 Å². The Labute approximate surface area is 164 Å². The summed E-state index contributed by atoms with van der Waals surface area (Å²) >= 11 is 0. The number of aryl methyl sites for hydroxylation is 1. The minimum Gasteiger partial charge on any atom is -0.368 e. The molecule has 144 valence electrons. The Morgan fingerprint density at radius 3 is 2.39 bits per heavy atom. The van der Waals surface area contributed by atoms with Crippen molar-refractivity contribution in [1.82, 2.24) is 15.2 Å². The molecule has 0 aliphatic carbocycles. The molecule has 6 nitrogen and oxygen atoms in total. The first-order valence-electron chi connectivity index (χ1n) is 9.38. The number of aromatic nitrogens is 3. The molecule has 2 aromatic carbocycles. The van der Waals surface area contributed by atoms with Crippen LogP contribution in [-0.4, -0.2) is 41.4 Å². The van der Waals surface area contributed by atoms with Crippen LogP contribution in [0.4, 0.5) is 27.5 Å². The molecule has 0 unspecified atom stereocenters. The molecule has 2 heterocycles. The molecule has 4 rings (SSSR count). The fourth-order valence-electron chi connectivity index (χ4n) is 3.39. The summed E-state index contributed by atoms with van der Waals surface area (Å²) in [5.41, 5.74) is 4.70. The number of piperazine rings is 1. The van der Waals surface area contributed by atoms with Gasteiger partial charge < -0.3 is 15.1 Å². The lowest BCUT2D eigenvalue weighted by atomic mass is 10.1. The van der Waals surface area contributed by atoms with Crippen molar-refractivity contribution in [3.8, 4) is 0 Å². The predicted molar refractivity (Wildman–Crippen MR) is 110 cm³/mol. The summed E-state index contributed by atoms with van der Waals surface area (Å²) in [7, 11) is 0. The number of halogens is 1. The highest BCUT2D eigenvalue weighted by atomic mass is 19.1. The van der Waals surface area contributed by atoms with Crippen LogP contribution in [0.1, 0.15) is 11.1 Å². The summed E-state index contributed by atoms with van der Waals surface area (Å²) in [6.07, 6.45) is 1.57. The SMILES string of the molecule is Cc1cccc(N2CCN(c3nncc(Nc4ccc(F)cc4)n3)CC2)c1C. The van der Waals surface area contributed by atoms with Crippen molar-refractivity contribution < 1.29 is 4.39 Å². The maximum atomic E-state index is 13.1. The van der Waals surface area contributed by atoms with Crippen molar-refractivity contribution >= 4 is 23.1 Å². The van der Waals surface area contributed by atoms with Gasteiger partial charge in [0.1, 0.15) is 5.82 Å². The first-order valence-corrected chi connectivity index (χ1v) is 9.38. The average Bonchev–Trinajstić information content (AvgIpc) is 2.72. The van der Waals surface area contributed by atoms with E-state index in [2.05, 4.69) is 62.3 Å². The molecule has 0 spiro atoms. The van der Waals surface area contributed by atoms with E-state index in [4.69, 9.17) is 0 Å². The molecule has 0 radical (unpaired) electrons. The van der Waals surface area contributed by atoms with Crippen LogP contribution in [0.15, 0.2) is 48.7 Å². The summed E-state index contributed by atoms with van der Waals surface area (Å²) in [5.74, 6) is 0.926. The van der Waals surface area contributed by atoms with Gasteiger partial charge in [0.25, 0.3) is 0 Å². The van der Waals surface area contributed by atoms with E-state index in [0.29, 0.717) is 11.8 Å². The van der Waals surface area contributed by atoms with E-state index >= 15 is 0 Å². The Balaban J connectivity index is 1.43. The first kappa shape index (κ1) is 18.2. The molecule has 1 aliphatic rings. The quantitative estimate of drug-likeness (QED) is 0.747. The van der Waals surface area contributed by atoms with Crippen LogP contribution in [0.25, 0.3) is 0 Å². The molecule has 0 atom stereocenters. The van der Waals surface area contributed by atoms with Gasteiger partial charge in [0.2, 0.25) is 5.95 Å². The van der Waals surface area contributed by atoms with Crippen molar-refractivity contribution in [1.29, 1.82) is 0 Å². The van der Waals surface area contributed by atoms with Gasteiger partial charge in [-0.1, -0.05) is 12.1 Å². The highest BCUT2D eigenvalue weighted by molar-refractivity contribution is 5.58. The highest BCUT2D eigenvalue weighted by Crippen LogP contribution is 2.25. The van der Waals surface area contributed by atoms with Crippen LogP contribution < -0.4 is 15.1 Å². The van der Waals surface area contributed by atoms with E-state index in [1.54, 1.807) is 18.3 Å². The molecule has 3 aromatic rings. The molecule has 0 saturated carbocycles. The zero-order valence-electron chi connectivity index (χ0n) is 16.1. The molecule has 1 N–H and O–H groups in total. The van der Waals surface area contributed by atoms with Crippen LogP contribution >= 0.6 is 0 Å². The number of benzene rings is 2. The number of nitrogens with zero attached hydrogens (tertiary/aromatic N) is 5. The maximum absolute atomic E-state index is 13.1. The predicted octanol–water partition coefficient (Wildman–Crippen LogP) is 3.70. The molecule has 7 heteroatoms. The number of hydrogen-bond acceptors (Lipinski definition) is 6. The number of hydrogen-bond donors (Lipinski definition) is 1. The second-order valence-electron chi connectivity index (χ2n) is 6.97. The Morgan fingerprint density at radius 1 is 0.929 bits per heavy atom. The van der Waals surface area contributed by atoms with Gasteiger partial charge in [0.15, 0.2) is 5.82 Å². The fourth-order valence-corrected chi connectivity index (χ4v) is 3.39. The Bertz CT molecular complexity index is 951. The minimum atomic E-state index is -0.270. The molecular weight excluding hydrogens is 355 g/mol. The fraction of sp³-hybridized carbons (Fsp3) is 0.286. The van der Waals surface area contributed by atoms with Crippen LogP contribution in [0.5, 0.6) is 0 Å². The van der Waals surface area contributed by atoms with Gasteiger partial charge in [0, 0.05) is 37.6 Å². The van der Waals surface area contributed by atoms with Crippen LogP contribution in [0.2, 0.25) is 0 Å².